The van der Waals surface area contributed by atoms with Crippen molar-refractivity contribution in [3.63, 3.8) is 0 Å². The fourth-order valence-electron chi connectivity index (χ4n) is 2.59. The van der Waals surface area contributed by atoms with Gasteiger partial charge >= 0.3 is 6.61 Å². The molecule has 1 N–H and O–H groups in total. The summed E-state index contributed by atoms with van der Waals surface area (Å²) in [5.41, 5.74) is 1.67. The lowest BCUT2D eigenvalue weighted by atomic mass is 10.1. The van der Waals surface area contributed by atoms with Crippen LogP contribution < -0.4 is 10.1 Å². The summed E-state index contributed by atoms with van der Waals surface area (Å²) in [6.45, 7) is 5.16. The Labute approximate surface area is 125 Å². The predicted octanol–water partition coefficient (Wildman–Crippen LogP) is 4.24. The largest absolute Gasteiger partial charge is 0.435 e. The van der Waals surface area contributed by atoms with Crippen molar-refractivity contribution >= 4 is 0 Å². The van der Waals surface area contributed by atoms with Crippen LogP contribution in [-0.4, -0.2) is 19.2 Å². The van der Waals surface area contributed by atoms with Gasteiger partial charge in [0.2, 0.25) is 0 Å². The van der Waals surface area contributed by atoms with Gasteiger partial charge in [0.1, 0.15) is 5.75 Å². The monoisotopic (exact) mass is 297 g/mol. The summed E-state index contributed by atoms with van der Waals surface area (Å²) in [7, 11) is 0. The minimum Gasteiger partial charge on any atom is -0.435 e. The fraction of sp³-hybridized carbons (Fsp3) is 0.647. The van der Waals surface area contributed by atoms with Crippen LogP contribution in [0.25, 0.3) is 0 Å². The quantitative estimate of drug-likeness (QED) is 0.774. The summed E-state index contributed by atoms with van der Waals surface area (Å²) >= 11 is 0. The molecule has 1 aromatic rings. The molecule has 0 spiro atoms. The Kier molecular flexibility index (Phi) is 5.20. The van der Waals surface area contributed by atoms with Crippen molar-refractivity contribution in [3.8, 4) is 5.75 Å². The van der Waals surface area contributed by atoms with Crippen molar-refractivity contribution < 1.29 is 13.5 Å². The van der Waals surface area contributed by atoms with Gasteiger partial charge in [0, 0.05) is 6.04 Å². The first kappa shape index (κ1) is 16.2. The van der Waals surface area contributed by atoms with E-state index in [0.29, 0.717) is 11.5 Å². The Balaban J connectivity index is 1.67. The SMILES string of the molecule is CC(CCc1ccc(OC(F)F)cc1)NCC1CC1(C)C. The molecule has 2 unspecified atom stereocenters. The lowest BCUT2D eigenvalue weighted by molar-refractivity contribution is -0.0498. The Bertz CT molecular complexity index is 445. The molecule has 1 fully saturated rings. The second kappa shape index (κ2) is 6.73. The van der Waals surface area contributed by atoms with Crippen LogP contribution in [0.4, 0.5) is 8.78 Å². The third-order valence-electron chi connectivity index (χ3n) is 4.44. The first-order chi connectivity index (χ1) is 9.87. The molecule has 2 nitrogen and oxygen atoms in total. The van der Waals surface area contributed by atoms with Gasteiger partial charge in [-0.25, -0.2) is 0 Å². The summed E-state index contributed by atoms with van der Waals surface area (Å²) in [5, 5.41) is 3.58. The maximum Gasteiger partial charge on any atom is 0.387 e. The highest BCUT2D eigenvalue weighted by atomic mass is 19.3. The second-order valence-corrected chi connectivity index (χ2v) is 6.76. The van der Waals surface area contributed by atoms with Crippen molar-refractivity contribution in [2.45, 2.75) is 52.7 Å². The van der Waals surface area contributed by atoms with Crippen molar-refractivity contribution in [2.24, 2.45) is 11.3 Å². The van der Waals surface area contributed by atoms with Crippen LogP contribution >= 0.6 is 0 Å². The maximum atomic E-state index is 12.1. The molecule has 1 saturated carbocycles. The normalized spacial score (nSPS) is 21.3. The molecule has 0 saturated heterocycles. The van der Waals surface area contributed by atoms with Crippen LogP contribution in [0.2, 0.25) is 0 Å². The third-order valence-corrected chi connectivity index (χ3v) is 4.44. The summed E-state index contributed by atoms with van der Waals surface area (Å²) < 4.78 is 28.4. The van der Waals surface area contributed by atoms with Crippen molar-refractivity contribution in [1.29, 1.82) is 0 Å². The van der Waals surface area contributed by atoms with E-state index >= 15 is 0 Å². The third kappa shape index (κ3) is 5.27. The number of halogens is 2. The highest BCUT2D eigenvalue weighted by molar-refractivity contribution is 5.27. The second-order valence-electron chi connectivity index (χ2n) is 6.76. The molecule has 0 radical (unpaired) electrons. The van der Waals surface area contributed by atoms with Crippen LogP contribution in [0, 0.1) is 11.3 Å². The molecule has 1 aliphatic rings. The minimum absolute atomic E-state index is 0.218. The Morgan fingerprint density at radius 1 is 1.29 bits per heavy atom. The predicted molar refractivity (Wildman–Crippen MR) is 80.7 cm³/mol. The topological polar surface area (TPSA) is 21.3 Å². The molecule has 118 valence electrons. The highest BCUT2D eigenvalue weighted by Crippen LogP contribution is 2.51. The lowest BCUT2D eigenvalue weighted by Crippen LogP contribution is -2.29. The van der Waals surface area contributed by atoms with E-state index in [1.54, 1.807) is 12.1 Å². The molecule has 0 amide bonds. The van der Waals surface area contributed by atoms with Crippen LogP contribution in [0.5, 0.6) is 5.75 Å². The van der Waals surface area contributed by atoms with Crippen molar-refractivity contribution in [2.75, 3.05) is 6.54 Å². The molecule has 1 aliphatic carbocycles. The van der Waals surface area contributed by atoms with E-state index in [-0.39, 0.29) is 5.75 Å². The average molecular weight is 297 g/mol. The highest BCUT2D eigenvalue weighted by Gasteiger charge is 2.44. The van der Waals surface area contributed by atoms with Gasteiger partial charge in [-0.2, -0.15) is 8.78 Å². The zero-order valence-electron chi connectivity index (χ0n) is 13.0. The molecule has 0 bridgehead atoms. The fourth-order valence-corrected chi connectivity index (χ4v) is 2.59. The molecule has 0 heterocycles. The molecule has 2 rings (SSSR count). The van der Waals surface area contributed by atoms with E-state index in [9.17, 15) is 8.78 Å². The number of ether oxygens (including phenoxy) is 1. The number of hydrogen-bond donors (Lipinski definition) is 1. The van der Waals surface area contributed by atoms with Gasteiger partial charge in [0.15, 0.2) is 0 Å². The van der Waals surface area contributed by atoms with E-state index in [1.807, 2.05) is 12.1 Å². The number of nitrogens with one attached hydrogen (secondary N) is 1. The summed E-state index contributed by atoms with van der Waals surface area (Å²) in [5.74, 6) is 1.03. The van der Waals surface area contributed by atoms with Gasteiger partial charge in [0.05, 0.1) is 0 Å². The zero-order chi connectivity index (χ0) is 15.5. The van der Waals surface area contributed by atoms with Crippen LogP contribution in [-0.2, 0) is 6.42 Å². The van der Waals surface area contributed by atoms with Crippen molar-refractivity contribution in [1.82, 2.24) is 5.32 Å². The summed E-state index contributed by atoms with van der Waals surface area (Å²) in [6.07, 6.45) is 3.30. The molecular weight excluding hydrogens is 272 g/mol. The summed E-state index contributed by atoms with van der Waals surface area (Å²) in [4.78, 5) is 0. The Hall–Kier alpha value is -1.16. The molecule has 0 aliphatic heterocycles. The number of hydrogen-bond acceptors (Lipinski definition) is 2. The Morgan fingerprint density at radius 3 is 2.43 bits per heavy atom. The maximum absolute atomic E-state index is 12.1. The molecule has 4 heteroatoms. The van der Waals surface area contributed by atoms with Crippen LogP contribution in [0.15, 0.2) is 24.3 Å². The summed E-state index contributed by atoms with van der Waals surface area (Å²) in [6, 6.07) is 7.39. The number of alkyl halides is 2. The standard InChI is InChI=1S/C17H25F2NO/c1-12(20-11-14-10-17(14,2)3)4-5-13-6-8-15(9-7-13)21-16(18)19/h6-9,12,14,16,20H,4-5,10-11H2,1-3H3. The van der Waals surface area contributed by atoms with Crippen molar-refractivity contribution in [3.05, 3.63) is 29.8 Å². The molecule has 1 aromatic carbocycles. The van der Waals surface area contributed by atoms with Gasteiger partial charge in [-0.3, -0.25) is 0 Å². The first-order valence-electron chi connectivity index (χ1n) is 7.64. The van der Waals surface area contributed by atoms with Crippen LogP contribution in [0.3, 0.4) is 0 Å². The van der Waals surface area contributed by atoms with Gasteiger partial charge in [0.25, 0.3) is 0 Å². The van der Waals surface area contributed by atoms with Gasteiger partial charge in [-0.05, 0) is 61.8 Å². The van der Waals surface area contributed by atoms with E-state index < -0.39 is 6.61 Å². The molecule has 0 aromatic heterocycles. The van der Waals surface area contributed by atoms with Gasteiger partial charge in [-0.15, -0.1) is 0 Å². The number of benzene rings is 1. The smallest absolute Gasteiger partial charge is 0.387 e. The van der Waals surface area contributed by atoms with E-state index in [2.05, 4.69) is 30.8 Å². The molecular formula is C17H25F2NO. The Morgan fingerprint density at radius 2 is 1.90 bits per heavy atom. The lowest BCUT2D eigenvalue weighted by Gasteiger charge is -2.14. The first-order valence-corrected chi connectivity index (χ1v) is 7.64. The number of rotatable bonds is 8. The van der Waals surface area contributed by atoms with E-state index in [4.69, 9.17) is 0 Å². The van der Waals surface area contributed by atoms with Gasteiger partial charge < -0.3 is 10.1 Å². The zero-order valence-corrected chi connectivity index (χ0v) is 13.0. The van der Waals surface area contributed by atoms with Crippen LogP contribution in [0.1, 0.15) is 39.2 Å². The minimum atomic E-state index is -2.76. The molecule has 2 atom stereocenters. The van der Waals surface area contributed by atoms with E-state index in [0.717, 1.165) is 30.9 Å². The average Bonchev–Trinajstić information content (AvgIpc) is 3.02. The number of aryl methyl sites for hydroxylation is 1. The van der Waals surface area contributed by atoms with Gasteiger partial charge in [-0.1, -0.05) is 26.0 Å². The van der Waals surface area contributed by atoms with E-state index in [1.165, 1.54) is 6.42 Å². The molecule has 21 heavy (non-hydrogen) atoms.